The molecule has 0 aliphatic rings. The Hall–Kier alpha value is -2.53. The number of aromatic nitrogens is 2. The van der Waals surface area contributed by atoms with Crippen molar-refractivity contribution in [3.05, 3.63) is 52.8 Å². The van der Waals surface area contributed by atoms with Crippen molar-refractivity contribution in [1.29, 1.82) is 0 Å². The Morgan fingerprint density at radius 1 is 1.08 bits per heavy atom. The number of fused-ring (bicyclic) bond motifs is 1. The first-order valence-electron chi connectivity index (χ1n) is 8.43. The SMILES string of the molecule is COc1ccc(C(C)NCc2nc3c(C)cc(C)cc3[nH]2)cc1OC. The molecule has 0 aliphatic heterocycles. The summed E-state index contributed by atoms with van der Waals surface area (Å²) in [5.41, 5.74) is 5.72. The van der Waals surface area contributed by atoms with Crippen LogP contribution >= 0.6 is 0 Å². The Kier molecular flexibility index (Phi) is 4.95. The number of aryl methyl sites for hydroxylation is 2. The van der Waals surface area contributed by atoms with E-state index in [1.807, 2.05) is 18.2 Å². The molecule has 5 nitrogen and oxygen atoms in total. The topological polar surface area (TPSA) is 59.2 Å². The third kappa shape index (κ3) is 3.61. The summed E-state index contributed by atoms with van der Waals surface area (Å²) in [7, 11) is 3.29. The fraction of sp³-hybridized carbons (Fsp3) is 0.350. The summed E-state index contributed by atoms with van der Waals surface area (Å²) in [5.74, 6) is 2.42. The highest BCUT2D eigenvalue weighted by Crippen LogP contribution is 2.30. The van der Waals surface area contributed by atoms with Gasteiger partial charge in [-0.25, -0.2) is 4.98 Å². The van der Waals surface area contributed by atoms with E-state index in [1.54, 1.807) is 14.2 Å². The van der Waals surface area contributed by atoms with Crippen molar-refractivity contribution in [2.24, 2.45) is 0 Å². The van der Waals surface area contributed by atoms with E-state index >= 15 is 0 Å². The molecule has 1 aromatic heterocycles. The van der Waals surface area contributed by atoms with Gasteiger partial charge in [0.25, 0.3) is 0 Å². The van der Waals surface area contributed by atoms with Crippen molar-refractivity contribution in [3.63, 3.8) is 0 Å². The van der Waals surface area contributed by atoms with Crippen LogP contribution in [0.2, 0.25) is 0 Å². The highest BCUT2D eigenvalue weighted by atomic mass is 16.5. The van der Waals surface area contributed by atoms with Crippen molar-refractivity contribution in [2.75, 3.05) is 14.2 Å². The first kappa shape index (κ1) is 17.3. The zero-order valence-corrected chi connectivity index (χ0v) is 15.4. The summed E-state index contributed by atoms with van der Waals surface area (Å²) >= 11 is 0. The van der Waals surface area contributed by atoms with E-state index in [0.29, 0.717) is 6.54 Å². The lowest BCUT2D eigenvalue weighted by atomic mass is 10.1. The summed E-state index contributed by atoms with van der Waals surface area (Å²) < 4.78 is 10.7. The minimum absolute atomic E-state index is 0.163. The van der Waals surface area contributed by atoms with Crippen molar-refractivity contribution < 1.29 is 9.47 Å². The smallest absolute Gasteiger partial charge is 0.161 e. The maximum atomic E-state index is 5.38. The predicted molar refractivity (Wildman–Crippen MR) is 100 cm³/mol. The minimum atomic E-state index is 0.163. The van der Waals surface area contributed by atoms with Crippen LogP contribution in [-0.2, 0) is 6.54 Å². The fourth-order valence-electron chi connectivity index (χ4n) is 3.10. The van der Waals surface area contributed by atoms with Gasteiger partial charge in [0.1, 0.15) is 5.82 Å². The maximum Gasteiger partial charge on any atom is 0.161 e. The zero-order chi connectivity index (χ0) is 18.0. The molecule has 0 spiro atoms. The molecular weight excluding hydrogens is 314 g/mol. The molecule has 1 heterocycles. The highest BCUT2D eigenvalue weighted by Gasteiger charge is 2.11. The van der Waals surface area contributed by atoms with Gasteiger partial charge in [0, 0.05) is 6.04 Å². The second-order valence-corrected chi connectivity index (χ2v) is 6.38. The van der Waals surface area contributed by atoms with Crippen LogP contribution in [0.25, 0.3) is 11.0 Å². The quantitative estimate of drug-likeness (QED) is 0.711. The predicted octanol–water partition coefficient (Wildman–Crippen LogP) is 4.05. The number of methoxy groups -OCH3 is 2. The Balaban J connectivity index is 1.74. The average Bonchev–Trinajstić information content (AvgIpc) is 3.02. The van der Waals surface area contributed by atoms with E-state index in [0.717, 1.165) is 33.9 Å². The molecule has 0 saturated carbocycles. The van der Waals surface area contributed by atoms with E-state index in [-0.39, 0.29) is 6.04 Å². The average molecular weight is 339 g/mol. The summed E-state index contributed by atoms with van der Waals surface area (Å²) in [6.07, 6.45) is 0. The molecule has 5 heteroatoms. The van der Waals surface area contributed by atoms with Gasteiger partial charge in [0.15, 0.2) is 11.5 Å². The van der Waals surface area contributed by atoms with Crippen LogP contribution in [0.15, 0.2) is 30.3 Å². The van der Waals surface area contributed by atoms with Gasteiger partial charge in [0.05, 0.1) is 31.8 Å². The van der Waals surface area contributed by atoms with E-state index in [4.69, 9.17) is 14.5 Å². The normalized spacial score (nSPS) is 12.4. The van der Waals surface area contributed by atoms with Gasteiger partial charge in [-0.3, -0.25) is 0 Å². The van der Waals surface area contributed by atoms with Crippen LogP contribution in [0.4, 0.5) is 0 Å². The third-order valence-corrected chi connectivity index (χ3v) is 4.45. The lowest BCUT2D eigenvalue weighted by Crippen LogP contribution is -2.18. The van der Waals surface area contributed by atoms with Crippen LogP contribution < -0.4 is 14.8 Å². The molecule has 0 amide bonds. The Morgan fingerprint density at radius 2 is 1.84 bits per heavy atom. The van der Waals surface area contributed by atoms with Crippen LogP contribution in [-0.4, -0.2) is 24.2 Å². The van der Waals surface area contributed by atoms with Crippen molar-refractivity contribution in [1.82, 2.24) is 15.3 Å². The number of ether oxygens (including phenoxy) is 2. The number of aromatic amines is 1. The minimum Gasteiger partial charge on any atom is -0.493 e. The molecule has 2 N–H and O–H groups in total. The van der Waals surface area contributed by atoms with Gasteiger partial charge in [0.2, 0.25) is 0 Å². The van der Waals surface area contributed by atoms with E-state index in [2.05, 4.69) is 43.2 Å². The summed E-state index contributed by atoms with van der Waals surface area (Å²) in [6, 6.07) is 10.4. The standard InChI is InChI=1S/C20H25N3O2/c1-12-8-13(2)20-16(9-12)22-19(23-20)11-21-14(3)15-6-7-17(24-4)18(10-15)25-5/h6-10,14,21H,11H2,1-5H3,(H,22,23). The number of benzene rings is 2. The van der Waals surface area contributed by atoms with Gasteiger partial charge in [-0.1, -0.05) is 12.1 Å². The molecule has 2 aromatic carbocycles. The summed E-state index contributed by atoms with van der Waals surface area (Å²) in [4.78, 5) is 8.12. The van der Waals surface area contributed by atoms with Crippen molar-refractivity contribution in [2.45, 2.75) is 33.4 Å². The number of nitrogens with zero attached hydrogens (tertiary/aromatic N) is 1. The molecule has 3 rings (SSSR count). The third-order valence-electron chi connectivity index (χ3n) is 4.45. The molecule has 0 aliphatic carbocycles. The van der Waals surface area contributed by atoms with Crippen molar-refractivity contribution >= 4 is 11.0 Å². The van der Waals surface area contributed by atoms with Crippen molar-refractivity contribution in [3.8, 4) is 11.5 Å². The number of nitrogens with one attached hydrogen (secondary N) is 2. The molecule has 1 unspecified atom stereocenters. The van der Waals surface area contributed by atoms with Crippen LogP contribution in [0.3, 0.4) is 0 Å². The molecule has 0 fully saturated rings. The van der Waals surface area contributed by atoms with Crippen LogP contribution in [0.1, 0.15) is 35.5 Å². The molecule has 0 saturated heterocycles. The van der Waals surface area contributed by atoms with Gasteiger partial charge < -0.3 is 19.8 Å². The Labute approximate surface area is 148 Å². The molecule has 3 aromatic rings. The molecule has 0 radical (unpaired) electrons. The Morgan fingerprint density at radius 3 is 2.56 bits per heavy atom. The monoisotopic (exact) mass is 339 g/mol. The Bertz CT molecular complexity index is 886. The molecule has 25 heavy (non-hydrogen) atoms. The molecular formula is C20H25N3O2. The summed E-state index contributed by atoms with van der Waals surface area (Å²) in [6.45, 7) is 6.99. The zero-order valence-electron chi connectivity index (χ0n) is 15.4. The number of imidazole rings is 1. The number of rotatable bonds is 6. The fourth-order valence-corrected chi connectivity index (χ4v) is 3.10. The largest absolute Gasteiger partial charge is 0.493 e. The van der Waals surface area contributed by atoms with E-state index in [9.17, 15) is 0 Å². The van der Waals surface area contributed by atoms with Gasteiger partial charge >= 0.3 is 0 Å². The molecule has 132 valence electrons. The van der Waals surface area contributed by atoms with Crippen LogP contribution in [0, 0.1) is 13.8 Å². The number of hydrogen-bond acceptors (Lipinski definition) is 4. The lowest BCUT2D eigenvalue weighted by molar-refractivity contribution is 0.354. The maximum absolute atomic E-state index is 5.38. The second-order valence-electron chi connectivity index (χ2n) is 6.38. The van der Waals surface area contributed by atoms with Crippen LogP contribution in [0.5, 0.6) is 11.5 Å². The molecule has 0 bridgehead atoms. The molecule has 1 atom stereocenters. The van der Waals surface area contributed by atoms with Gasteiger partial charge in [-0.05, 0) is 55.7 Å². The lowest BCUT2D eigenvalue weighted by Gasteiger charge is -2.16. The first-order chi connectivity index (χ1) is 12.0. The number of hydrogen-bond donors (Lipinski definition) is 2. The first-order valence-corrected chi connectivity index (χ1v) is 8.43. The summed E-state index contributed by atoms with van der Waals surface area (Å²) in [5, 5.41) is 3.51. The highest BCUT2D eigenvalue weighted by molar-refractivity contribution is 5.79. The van der Waals surface area contributed by atoms with Gasteiger partial charge in [-0.2, -0.15) is 0 Å². The number of H-pyrrole nitrogens is 1. The van der Waals surface area contributed by atoms with E-state index in [1.165, 1.54) is 11.1 Å². The van der Waals surface area contributed by atoms with E-state index < -0.39 is 0 Å². The second kappa shape index (κ2) is 7.15. The van der Waals surface area contributed by atoms with Gasteiger partial charge in [-0.15, -0.1) is 0 Å².